The van der Waals surface area contributed by atoms with E-state index in [0.717, 1.165) is 42.8 Å². The number of benzene rings is 1. The Morgan fingerprint density at radius 2 is 2.00 bits per heavy atom. The highest BCUT2D eigenvalue weighted by atomic mass is 35.5. The lowest BCUT2D eigenvalue weighted by atomic mass is 10.2. The van der Waals surface area contributed by atoms with Crippen LogP contribution in [-0.2, 0) is 24.3 Å². The molecular weight excluding hydrogens is 424 g/mol. The number of aryl methyl sites for hydroxylation is 1. The van der Waals surface area contributed by atoms with E-state index < -0.39 is 0 Å². The average molecular weight is 457 g/mol. The number of hydrogen-bond donors (Lipinski definition) is 0. The molecule has 0 saturated carbocycles. The highest BCUT2D eigenvalue weighted by Crippen LogP contribution is 2.17. The summed E-state index contributed by atoms with van der Waals surface area (Å²) >= 11 is 5.82. The van der Waals surface area contributed by atoms with Crippen LogP contribution in [0, 0.1) is 5.92 Å². The largest absolute Gasteiger partial charge is 0.330 e. The minimum Gasteiger partial charge on any atom is -0.330 e. The van der Waals surface area contributed by atoms with Gasteiger partial charge in [0.1, 0.15) is 11.5 Å². The van der Waals surface area contributed by atoms with E-state index in [4.69, 9.17) is 11.6 Å². The molecule has 0 unspecified atom stereocenters. The Morgan fingerprint density at radius 3 is 2.62 bits per heavy atom. The molecule has 172 valence electrons. The van der Waals surface area contributed by atoms with Gasteiger partial charge in [0.25, 0.3) is 0 Å². The molecule has 1 aromatic heterocycles. The first-order valence-electron chi connectivity index (χ1n) is 11.4. The Balaban J connectivity index is 0.000000269. The number of ketones is 1. The second kappa shape index (κ2) is 11.4. The van der Waals surface area contributed by atoms with Gasteiger partial charge in [-0.25, -0.2) is 4.98 Å². The highest BCUT2D eigenvalue weighted by molar-refractivity contribution is 6.31. The minimum absolute atomic E-state index is 0.0169. The smallest absolute Gasteiger partial charge is 0.246 e. The molecule has 1 aromatic carbocycles. The van der Waals surface area contributed by atoms with Crippen LogP contribution in [0.25, 0.3) is 0 Å². The van der Waals surface area contributed by atoms with Crippen molar-refractivity contribution in [3.05, 3.63) is 64.7 Å². The summed E-state index contributed by atoms with van der Waals surface area (Å²) in [7, 11) is 0. The second-order valence-corrected chi connectivity index (χ2v) is 8.94. The van der Waals surface area contributed by atoms with E-state index in [1.54, 1.807) is 24.1 Å². The van der Waals surface area contributed by atoms with Crippen LogP contribution < -0.4 is 0 Å². The molecule has 7 heteroatoms. The molecule has 1 amide bonds. The number of nitrogens with zero attached hydrogens (tertiary/aromatic N) is 4. The highest BCUT2D eigenvalue weighted by Gasteiger charge is 2.23. The average Bonchev–Trinajstić information content (AvgIpc) is 3.40. The fraction of sp³-hybridized carbons (Fsp3) is 0.480. The van der Waals surface area contributed by atoms with E-state index in [9.17, 15) is 9.59 Å². The van der Waals surface area contributed by atoms with Crippen LogP contribution in [0.1, 0.15) is 49.1 Å². The van der Waals surface area contributed by atoms with Crippen molar-refractivity contribution >= 4 is 23.3 Å². The first-order valence-corrected chi connectivity index (χ1v) is 11.7. The first-order chi connectivity index (χ1) is 15.4. The summed E-state index contributed by atoms with van der Waals surface area (Å²) in [4.78, 5) is 32.3. The normalized spacial score (nSPS) is 18.4. The number of rotatable bonds is 5. The lowest BCUT2D eigenvalue weighted by molar-refractivity contribution is -0.127. The number of amides is 1. The summed E-state index contributed by atoms with van der Waals surface area (Å²) in [5.74, 6) is 1.59. The molecule has 4 rings (SSSR count). The quantitative estimate of drug-likeness (QED) is 0.499. The third-order valence-electron chi connectivity index (χ3n) is 6.01. The summed E-state index contributed by atoms with van der Waals surface area (Å²) in [5, 5.41) is 0.875. The zero-order valence-corrected chi connectivity index (χ0v) is 20.0. The molecule has 2 aliphatic heterocycles. The predicted octanol–water partition coefficient (Wildman–Crippen LogP) is 4.23. The van der Waals surface area contributed by atoms with Crippen molar-refractivity contribution in [3.8, 4) is 0 Å². The molecule has 1 saturated heterocycles. The molecule has 1 fully saturated rings. The molecule has 2 aromatic rings. The summed E-state index contributed by atoms with van der Waals surface area (Å²) in [6, 6.07) is 7.91. The third-order valence-corrected chi connectivity index (χ3v) is 6.38. The van der Waals surface area contributed by atoms with Gasteiger partial charge in [-0.1, -0.05) is 49.7 Å². The van der Waals surface area contributed by atoms with Gasteiger partial charge in [-0.3, -0.25) is 14.5 Å². The SMILES string of the molecule is CC(=O)c1cnc2n1CCN(C(=O)/C=C/CN1CC[C@H](C)C1)C2.CCc1ccccc1Cl. The van der Waals surface area contributed by atoms with Crippen molar-refractivity contribution in [2.45, 2.75) is 46.7 Å². The number of carbonyl (C=O) groups is 2. The molecule has 2 aliphatic rings. The summed E-state index contributed by atoms with van der Waals surface area (Å²) in [6.07, 6.45) is 7.50. The van der Waals surface area contributed by atoms with Crippen LogP contribution in [0.3, 0.4) is 0 Å². The number of carbonyl (C=O) groups excluding carboxylic acids is 2. The van der Waals surface area contributed by atoms with Gasteiger partial charge in [0.05, 0.1) is 12.7 Å². The number of Topliss-reactive ketones (excluding diaryl/α,β-unsaturated/α-hetero) is 1. The van der Waals surface area contributed by atoms with Gasteiger partial charge in [0, 0.05) is 44.2 Å². The molecule has 0 bridgehead atoms. The molecule has 3 heterocycles. The molecule has 0 N–H and O–H groups in total. The van der Waals surface area contributed by atoms with E-state index in [1.807, 2.05) is 34.9 Å². The Morgan fingerprint density at radius 1 is 1.22 bits per heavy atom. The van der Waals surface area contributed by atoms with E-state index in [1.165, 1.54) is 12.0 Å². The molecular formula is C25H33ClN4O2. The summed E-state index contributed by atoms with van der Waals surface area (Å²) in [6.45, 7) is 10.7. The summed E-state index contributed by atoms with van der Waals surface area (Å²) in [5.41, 5.74) is 1.85. The predicted molar refractivity (Wildman–Crippen MR) is 128 cm³/mol. The van der Waals surface area contributed by atoms with Crippen LogP contribution in [-0.4, -0.2) is 57.2 Å². The number of likely N-dealkylation sites (tertiary alicyclic amines) is 1. The van der Waals surface area contributed by atoms with Crippen LogP contribution in [0.5, 0.6) is 0 Å². The van der Waals surface area contributed by atoms with E-state index in [-0.39, 0.29) is 11.7 Å². The van der Waals surface area contributed by atoms with Gasteiger partial charge in [0.2, 0.25) is 5.91 Å². The topological polar surface area (TPSA) is 58.4 Å². The van der Waals surface area contributed by atoms with Crippen molar-refractivity contribution < 1.29 is 9.59 Å². The Bertz CT molecular complexity index is 969. The van der Waals surface area contributed by atoms with Crippen LogP contribution in [0.15, 0.2) is 42.6 Å². The number of imidazole rings is 1. The number of aromatic nitrogens is 2. The fourth-order valence-corrected chi connectivity index (χ4v) is 4.38. The van der Waals surface area contributed by atoms with E-state index >= 15 is 0 Å². The number of halogens is 1. The Kier molecular flexibility index (Phi) is 8.65. The Labute approximate surface area is 195 Å². The standard InChI is InChI=1S/C17H24N4O2.C8H9Cl/c1-13-5-7-19(11-13)6-3-4-17(23)20-8-9-21-15(14(2)22)10-18-16(21)12-20;1-2-7-5-3-4-6-8(7)9/h3-4,10,13H,5-9,11-12H2,1-2H3;3-6H,2H2,1H3/b4-3+;/t13-;/m0./s1. The minimum atomic E-state index is 0.0169. The maximum atomic E-state index is 12.3. The monoisotopic (exact) mass is 456 g/mol. The second-order valence-electron chi connectivity index (χ2n) is 8.53. The third kappa shape index (κ3) is 6.30. The van der Waals surface area contributed by atoms with Gasteiger partial charge in [0.15, 0.2) is 5.78 Å². The molecule has 6 nitrogen and oxygen atoms in total. The number of fused-ring (bicyclic) bond motifs is 1. The fourth-order valence-electron chi connectivity index (χ4n) is 4.11. The maximum absolute atomic E-state index is 12.3. The van der Waals surface area contributed by atoms with Crippen LogP contribution >= 0.6 is 11.6 Å². The maximum Gasteiger partial charge on any atom is 0.246 e. The molecule has 32 heavy (non-hydrogen) atoms. The molecule has 1 atom stereocenters. The Hall–Kier alpha value is -2.44. The molecule has 0 aliphatic carbocycles. The van der Waals surface area contributed by atoms with Crippen LogP contribution in [0.2, 0.25) is 5.02 Å². The van der Waals surface area contributed by atoms with Gasteiger partial charge in [-0.2, -0.15) is 0 Å². The first kappa shape index (κ1) is 24.2. The number of hydrogen-bond acceptors (Lipinski definition) is 4. The molecule has 0 spiro atoms. The van der Waals surface area contributed by atoms with Gasteiger partial charge < -0.3 is 9.47 Å². The summed E-state index contributed by atoms with van der Waals surface area (Å²) < 4.78 is 1.92. The van der Waals surface area contributed by atoms with Crippen LogP contribution in [0.4, 0.5) is 0 Å². The zero-order chi connectivity index (χ0) is 23.1. The van der Waals surface area contributed by atoms with Crippen molar-refractivity contribution in [2.75, 3.05) is 26.2 Å². The zero-order valence-electron chi connectivity index (χ0n) is 19.3. The van der Waals surface area contributed by atoms with Crippen molar-refractivity contribution in [1.82, 2.24) is 19.4 Å². The molecule has 0 radical (unpaired) electrons. The lowest BCUT2D eigenvalue weighted by Gasteiger charge is -2.27. The van der Waals surface area contributed by atoms with Crippen molar-refractivity contribution in [1.29, 1.82) is 0 Å². The van der Waals surface area contributed by atoms with Crippen molar-refractivity contribution in [3.63, 3.8) is 0 Å². The van der Waals surface area contributed by atoms with Crippen molar-refractivity contribution in [2.24, 2.45) is 5.92 Å². The van der Waals surface area contributed by atoms with E-state index in [2.05, 4.69) is 23.7 Å². The van der Waals surface area contributed by atoms with Gasteiger partial charge >= 0.3 is 0 Å². The lowest BCUT2D eigenvalue weighted by Crippen LogP contribution is -2.38. The van der Waals surface area contributed by atoms with Gasteiger partial charge in [-0.05, 0) is 36.9 Å². The van der Waals surface area contributed by atoms with Gasteiger partial charge in [-0.15, -0.1) is 0 Å². The van der Waals surface area contributed by atoms with E-state index in [0.29, 0.717) is 25.3 Å².